The molecule has 1 rings (SSSR count). The Labute approximate surface area is 84.0 Å². The van der Waals surface area contributed by atoms with Gasteiger partial charge in [0.05, 0.1) is 12.2 Å². The second kappa shape index (κ2) is 4.48. The minimum atomic E-state index is -0.157. The fourth-order valence-corrected chi connectivity index (χ4v) is 0.838. The molecule has 4 nitrogen and oxygen atoms in total. The maximum atomic E-state index is 8.73. The van der Waals surface area contributed by atoms with Gasteiger partial charge in [-0.05, 0) is 20.8 Å². The zero-order valence-electron chi connectivity index (χ0n) is 8.82. The van der Waals surface area contributed by atoms with Gasteiger partial charge in [-0.25, -0.2) is 9.97 Å². The third-order valence-corrected chi connectivity index (χ3v) is 1.57. The Balaban J connectivity index is 2.52. The molecule has 0 spiro atoms. The maximum absolute atomic E-state index is 8.73. The van der Waals surface area contributed by atoms with E-state index in [4.69, 9.17) is 9.84 Å². The molecule has 1 aromatic rings. The van der Waals surface area contributed by atoms with Crippen LogP contribution in [0.4, 0.5) is 0 Å². The zero-order valence-corrected chi connectivity index (χ0v) is 8.82. The van der Waals surface area contributed by atoms with Crippen molar-refractivity contribution in [1.29, 1.82) is 0 Å². The highest BCUT2D eigenvalue weighted by molar-refractivity contribution is 5.03. The fourth-order valence-electron chi connectivity index (χ4n) is 0.838. The summed E-state index contributed by atoms with van der Waals surface area (Å²) in [6.07, 6.45) is 3.34. The number of aromatic nitrogens is 2. The van der Waals surface area contributed by atoms with Crippen LogP contribution in [0.2, 0.25) is 0 Å². The summed E-state index contributed by atoms with van der Waals surface area (Å²) in [4.78, 5) is 7.91. The standard InChI is InChI=1S/C10H16N2O2/c1-10(2,3)14-7-8-4-11-9(6-13)12-5-8/h4-5,13H,6-7H2,1-3H3. The van der Waals surface area contributed by atoms with Gasteiger partial charge in [-0.1, -0.05) is 0 Å². The third-order valence-electron chi connectivity index (χ3n) is 1.57. The highest BCUT2D eigenvalue weighted by atomic mass is 16.5. The largest absolute Gasteiger partial charge is 0.388 e. The van der Waals surface area contributed by atoms with Gasteiger partial charge in [0, 0.05) is 18.0 Å². The number of rotatable bonds is 3. The Morgan fingerprint density at radius 1 is 1.29 bits per heavy atom. The summed E-state index contributed by atoms with van der Waals surface area (Å²) in [5.74, 6) is 0.435. The number of nitrogens with zero attached hydrogens (tertiary/aromatic N) is 2. The summed E-state index contributed by atoms with van der Waals surface area (Å²) in [5.41, 5.74) is 0.757. The molecule has 0 amide bonds. The van der Waals surface area contributed by atoms with Crippen LogP contribution in [0.25, 0.3) is 0 Å². The first-order valence-corrected chi connectivity index (χ1v) is 4.56. The van der Waals surface area contributed by atoms with E-state index >= 15 is 0 Å². The molecular weight excluding hydrogens is 180 g/mol. The van der Waals surface area contributed by atoms with Gasteiger partial charge in [0.1, 0.15) is 6.61 Å². The van der Waals surface area contributed by atoms with Gasteiger partial charge in [-0.3, -0.25) is 0 Å². The molecule has 0 aromatic carbocycles. The van der Waals surface area contributed by atoms with Crippen LogP contribution in [0.15, 0.2) is 12.4 Å². The smallest absolute Gasteiger partial charge is 0.153 e. The molecule has 0 unspecified atom stereocenters. The fraction of sp³-hybridized carbons (Fsp3) is 0.600. The lowest BCUT2D eigenvalue weighted by molar-refractivity contribution is -0.0152. The summed E-state index contributed by atoms with van der Waals surface area (Å²) >= 11 is 0. The van der Waals surface area contributed by atoms with Gasteiger partial charge in [0.2, 0.25) is 0 Å². The third kappa shape index (κ3) is 3.81. The number of aliphatic hydroxyl groups is 1. The van der Waals surface area contributed by atoms with Crippen molar-refractivity contribution >= 4 is 0 Å². The van der Waals surface area contributed by atoms with E-state index in [1.807, 2.05) is 20.8 Å². The monoisotopic (exact) mass is 196 g/mol. The molecule has 1 N–H and O–H groups in total. The van der Waals surface area contributed by atoms with Crippen LogP contribution in [-0.4, -0.2) is 20.7 Å². The van der Waals surface area contributed by atoms with Crippen molar-refractivity contribution in [3.05, 3.63) is 23.8 Å². The van der Waals surface area contributed by atoms with Crippen molar-refractivity contribution in [3.8, 4) is 0 Å². The molecular formula is C10H16N2O2. The number of aliphatic hydroxyl groups excluding tert-OH is 1. The molecule has 0 aliphatic heterocycles. The van der Waals surface area contributed by atoms with E-state index in [9.17, 15) is 0 Å². The van der Waals surface area contributed by atoms with Crippen LogP contribution < -0.4 is 0 Å². The number of hydrogen-bond donors (Lipinski definition) is 1. The molecule has 0 atom stereocenters. The van der Waals surface area contributed by atoms with E-state index in [-0.39, 0.29) is 12.2 Å². The summed E-state index contributed by atoms with van der Waals surface area (Å²) in [5, 5.41) is 8.73. The van der Waals surface area contributed by atoms with Crippen molar-refractivity contribution in [1.82, 2.24) is 9.97 Å². The van der Waals surface area contributed by atoms with Gasteiger partial charge in [0.25, 0.3) is 0 Å². The maximum Gasteiger partial charge on any atom is 0.153 e. The van der Waals surface area contributed by atoms with Crippen molar-refractivity contribution in [3.63, 3.8) is 0 Å². The van der Waals surface area contributed by atoms with Crippen LogP contribution in [0.3, 0.4) is 0 Å². The Kier molecular flexibility index (Phi) is 3.55. The molecule has 1 heterocycles. The van der Waals surface area contributed by atoms with Crippen molar-refractivity contribution < 1.29 is 9.84 Å². The van der Waals surface area contributed by atoms with Crippen molar-refractivity contribution in [2.75, 3.05) is 0 Å². The van der Waals surface area contributed by atoms with Crippen LogP contribution in [-0.2, 0) is 18.0 Å². The van der Waals surface area contributed by atoms with E-state index in [0.717, 1.165) is 5.56 Å². The second-order valence-electron chi connectivity index (χ2n) is 4.07. The molecule has 0 aliphatic rings. The van der Waals surface area contributed by atoms with Crippen LogP contribution in [0, 0.1) is 0 Å². The highest BCUT2D eigenvalue weighted by Gasteiger charge is 2.10. The van der Waals surface area contributed by atoms with E-state index in [1.54, 1.807) is 12.4 Å². The van der Waals surface area contributed by atoms with E-state index in [2.05, 4.69) is 9.97 Å². The minimum Gasteiger partial charge on any atom is -0.388 e. The topological polar surface area (TPSA) is 55.2 Å². The molecule has 78 valence electrons. The minimum absolute atomic E-state index is 0.125. The number of hydrogen-bond acceptors (Lipinski definition) is 4. The van der Waals surface area contributed by atoms with Crippen LogP contribution in [0.1, 0.15) is 32.2 Å². The number of ether oxygens (including phenoxy) is 1. The van der Waals surface area contributed by atoms with Gasteiger partial charge >= 0.3 is 0 Å². The Hall–Kier alpha value is -1.00. The average Bonchev–Trinajstić information content (AvgIpc) is 2.14. The average molecular weight is 196 g/mol. The first kappa shape index (κ1) is 11.1. The lowest BCUT2D eigenvalue weighted by Gasteiger charge is -2.19. The summed E-state index contributed by atoms with van der Waals surface area (Å²) < 4.78 is 5.55. The van der Waals surface area contributed by atoms with E-state index in [0.29, 0.717) is 12.4 Å². The lowest BCUT2D eigenvalue weighted by atomic mass is 10.2. The Morgan fingerprint density at radius 3 is 2.29 bits per heavy atom. The van der Waals surface area contributed by atoms with Crippen molar-refractivity contribution in [2.45, 2.75) is 39.6 Å². The first-order chi connectivity index (χ1) is 6.51. The quantitative estimate of drug-likeness (QED) is 0.791. The lowest BCUT2D eigenvalue weighted by Crippen LogP contribution is -2.18. The summed E-state index contributed by atoms with van der Waals surface area (Å²) in [6.45, 7) is 6.36. The van der Waals surface area contributed by atoms with Crippen molar-refractivity contribution in [2.24, 2.45) is 0 Å². The molecule has 1 aromatic heterocycles. The normalized spacial score (nSPS) is 11.7. The molecule has 0 saturated carbocycles. The molecule has 0 bridgehead atoms. The molecule has 0 fully saturated rings. The van der Waals surface area contributed by atoms with E-state index in [1.165, 1.54) is 0 Å². The predicted molar refractivity (Wildman–Crippen MR) is 52.5 cm³/mol. The van der Waals surface area contributed by atoms with Gasteiger partial charge < -0.3 is 9.84 Å². The first-order valence-electron chi connectivity index (χ1n) is 4.56. The summed E-state index contributed by atoms with van der Waals surface area (Å²) in [7, 11) is 0. The van der Waals surface area contributed by atoms with Crippen LogP contribution in [0.5, 0.6) is 0 Å². The highest BCUT2D eigenvalue weighted by Crippen LogP contribution is 2.10. The van der Waals surface area contributed by atoms with Gasteiger partial charge in [-0.15, -0.1) is 0 Å². The second-order valence-corrected chi connectivity index (χ2v) is 4.07. The summed E-state index contributed by atoms with van der Waals surface area (Å²) in [6, 6.07) is 0. The van der Waals surface area contributed by atoms with Gasteiger partial charge in [0.15, 0.2) is 5.82 Å². The SMILES string of the molecule is CC(C)(C)OCc1cnc(CO)nc1. The zero-order chi connectivity index (χ0) is 10.6. The van der Waals surface area contributed by atoms with Crippen LogP contribution >= 0.6 is 0 Å². The van der Waals surface area contributed by atoms with Gasteiger partial charge in [-0.2, -0.15) is 0 Å². The molecule has 14 heavy (non-hydrogen) atoms. The molecule has 0 aliphatic carbocycles. The van der Waals surface area contributed by atoms with E-state index < -0.39 is 0 Å². The molecule has 0 radical (unpaired) electrons. The Bertz CT molecular complexity index is 277. The molecule has 4 heteroatoms. The molecule has 0 saturated heterocycles. The predicted octanol–water partition coefficient (Wildman–Crippen LogP) is 1.28. The Morgan fingerprint density at radius 2 is 1.86 bits per heavy atom.